The molecule has 4 heteroatoms. The van der Waals surface area contributed by atoms with Gasteiger partial charge >= 0.3 is 0 Å². The summed E-state index contributed by atoms with van der Waals surface area (Å²) in [6, 6.07) is 6.20. The molecule has 3 nitrogen and oxygen atoms in total. The summed E-state index contributed by atoms with van der Waals surface area (Å²) in [5, 5.41) is 12.2. The maximum atomic E-state index is 8.98. The van der Waals surface area contributed by atoms with E-state index in [-0.39, 0.29) is 18.6 Å². The number of hydrogen-bond donors (Lipinski definition) is 2. The lowest BCUT2D eigenvalue weighted by Crippen LogP contribution is -2.16. The van der Waals surface area contributed by atoms with E-state index in [9.17, 15) is 0 Å². The van der Waals surface area contributed by atoms with Crippen molar-refractivity contribution in [2.45, 2.75) is 19.9 Å². The molecule has 17 heavy (non-hydrogen) atoms. The fourth-order valence-corrected chi connectivity index (χ4v) is 1.81. The van der Waals surface area contributed by atoms with Crippen LogP contribution in [0.4, 0.5) is 0 Å². The Kier molecular flexibility index (Phi) is 5.95. The molecule has 0 spiro atoms. The zero-order valence-corrected chi connectivity index (χ0v) is 12.1. The topological polar surface area (TPSA) is 41.5 Å². The van der Waals surface area contributed by atoms with Crippen molar-refractivity contribution in [1.82, 2.24) is 5.32 Å². The van der Waals surface area contributed by atoms with Gasteiger partial charge in [0.1, 0.15) is 5.75 Å². The summed E-state index contributed by atoms with van der Waals surface area (Å²) in [7, 11) is 1.92. The van der Waals surface area contributed by atoms with E-state index in [0.717, 1.165) is 15.8 Å². The molecular weight excluding hydrogens is 282 g/mol. The zero-order chi connectivity index (χ0) is 12.8. The van der Waals surface area contributed by atoms with Crippen molar-refractivity contribution in [2.75, 3.05) is 20.3 Å². The minimum absolute atomic E-state index is 0.146. The molecule has 0 aliphatic heterocycles. The smallest absolute Gasteiger partial charge is 0.124 e. The molecule has 2 N–H and O–H groups in total. The summed E-state index contributed by atoms with van der Waals surface area (Å²) < 4.78 is 6.79. The molecule has 0 saturated heterocycles. The van der Waals surface area contributed by atoms with Crippen LogP contribution >= 0.6 is 15.9 Å². The number of aliphatic hydroxyl groups excluding tert-OH is 1. The Morgan fingerprint density at radius 2 is 2.12 bits per heavy atom. The van der Waals surface area contributed by atoms with Gasteiger partial charge < -0.3 is 15.2 Å². The number of aliphatic hydroxyl groups is 1. The van der Waals surface area contributed by atoms with Crippen LogP contribution in [-0.4, -0.2) is 25.4 Å². The number of hydrogen-bond acceptors (Lipinski definition) is 3. The van der Waals surface area contributed by atoms with Gasteiger partial charge in [0.05, 0.1) is 6.61 Å². The van der Waals surface area contributed by atoms with Gasteiger partial charge in [0, 0.05) is 28.6 Å². The van der Waals surface area contributed by atoms with E-state index in [1.54, 1.807) is 0 Å². The summed E-state index contributed by atoms with van der Waals surface area (Å²) in [4.78, 5) is 0. The van der Waals surface area contributed by atoms with Crippen molar-refractivity contribution in [3.8, 4) is 5.75 Å². The number of benzene rings is 1. The predicted molar refractivity (Wildman–Crippen MR) is 73.4 cm³/mol. The molecule has 0 saturated carbocycles. The van der Waals surface area contributed by atoms with Crippen molar-refractivity contribution >= 4 is 15.9 Å². The predicted octanol–water partition coefficient (Wildman–Crippen LogP) is 2.74. The van der Waals surface area contributed by atoms with Crippen molar-refractivity contribution in [2.24, 2.45) is 5.92 Å². The highest BCUT2D eigenvalue weighted by Gasteiger charge is 2.11. The van der Waals surface area contributed by atoms with Crippen LogP contribution in [0.3, 0.4) is 0 Å². The van der Waals surface area contributed by atoms with Crippen LogP contribution in [0.2, 0.25) is 0 Å². The van der Waals surface area contributed by atoms with E-state index >= 15 is 0 Å². The summed E-state index contributed by atoms with van der Waals surface area (Å²) >= 11 is 3.46. The molecule has 0 heterocycles. The molecular formula is C13H20BrNO2. The van der Waals surface area contributed by atoms with E-state index in [4.69, 9.17) is 9.84 Å². The average molecular weight is 302 g/mol. The number of nitrogens with one attached hydrogen (secondary N) is 1. The van der Waals surface area contributed by atoms with Gasteiger partial charge in [-0.15, -0.1) is 0 Å². The first-order valence-corrected chi connectivity index (χ1v) is 6.58. The maximum Gasteiger partial charge on any atom is 0.124 e. The summed E-state index contributed by atoms with van der Waals surface area (Å²) in [6.45, 7) is 4.72. The average Bonchev–Trinajstić information content (AvgIpc) is 2.35. The molecule has 2 unspecified atom stereocenters. The van der Waals surface area contributed by atoms with Crippen LogP contribution in [0.25, 0.3) is 0 Å². The van der Waals surface area contributed by atoms with Gasteiger partial charge in [-0.2, -0.15) is 0 Å². The van der Waals surface area contributed by atoms with Crippen molar-refractivity contribution in [3.05, 3.63) is 28.2 Å². The first-order chi connectivity index (χ1) is 8.08. The molecule has 1 aromatic rings. The van der Waals surface area contributed by atoms with Crippen molar-refractivity contribution in [3.63, 3.8) is 0 Å². The maximum absolute atomic E-state index is 8.98. The van der Waals surface area contributed by atoms with Crippen LogP contribution in [0.5, 0.6) is 5.75 Å². The summed E-state index contributed by atoms with van der Waals surface area (Å²) in [5.41, 5.74) is 1.12. The monoisotopic (exact) mass is 301 g/mol. The zero-order valence-electron chi connectivity index (χ0n) is 10.5. The highest BCUT2D eigenvalue weighted by atomic mass is 79.9. The van der Waals surface area contributed by atoms with Crippen LogP contribution in [0.15, 0.2) is 22.7 Å². The quantitative estimate of drug-likeness (QED) is 0.849. The molecule has 2 atom stereocenters. The molecule has 1 aromatic carbocycles. The molecule has 0 amide bonds. The lowest BCUT2D eigenvalue weighted by atomic mass is 10.1. The molecule has 1 rings (SSSR count). The van der Waals surface area contributed by atoms with Crippen molar-refractivity contribution in [1.29, 1.82) is 0 Å². The van der Waals surface area contributed by atoms with Gasteiger partial charge in [0.2, 0.25) is 0 Å². The summed E-state index contributed by atoms with van der Waals surface area (Å²) in [6.07, 6.45) is 0. The lowest BCUT2D eigenvalue weighted by Gasteiger charge is -2.18. The first-order valence-electron chi connectivity index (χ1n) is 5.78. The second-order valence-electron chi connectivity index (χ2n) is 4.29. The fraction of sp³-hybridized carbons (Fsp3) is 0.538. The Labute approximate surface area is 111 Å². The first kappa shape index (κ1) is 14.5. The van der Waals surface area contributed by atoms with Crippen LogP contribution in [0, 0.1) is 5.92 Å². The normalized spacial score (nSPS) is 14.4. The third-order valence-electron chi connectivity index (χ3n) is 2.71. The molecule has 0 aromatic heterocycles. The molecule has 0 radical (unpaired) electrons. The van der Waals surface area contributed by atoms with E-state index < -0.39 is 0 Å². The Bertz CT molecular complexity index is 357. The van der Waals surface area contributed by atoms with Gasteiger partial charge in [-0.3, -0.25) is 0 Å². The van der Waals surface area contributed by atoms with Gasteiger partial charge in [0.15, 0.2) is 0 Å². The van der Waals surface area contributed by atoms with Gasteiger partial charge in [-0.25, -0.2) is 0 Å². The SMILES string of the molecule is CNC(C)c1cc(Br)ccc1OCC(C)CO. The van der Waals surface area contributed by atoms with Crippen LogP contribution in [0.1, 0.15) is 25.5 Å². The van der Waals surface area contributed by atoms with E-state index in [0.29, 0.717) is 6.61 Å². The molecule has 0 fully saturated rings. The van der Waals surface area contributed by atoms with Crippen molar-refractivity contribution < 1.29 is 9.84 Å². The Balaban J connectivity index is 2.83. The highest BCUT2D eigenvalue weighted by Crippen LogP contribution is 2.28. The molecule has 0 aliphatic rings. The van der Waals surface area contributed by atoms with Gasteiger partial charge in [-0.1, -0.05) is 22.9 Å². The Morgan fingerprint density at radius 1 is 1.41 bits per heavy atom. The highest BCUT2D eigenvalue weighted by molar-refractivity contribution is 9.10. The second kappa shape index (κ2) is 6.99. The van der Waals surface area contributed by atoms with E-state index in [1.807, 2.05) is 26.1 Å². The third kappa shape index (κ3) is 4.30. The lowest BCUT2D eigenvalue weighted by molar-refractivity contribution is 0.173. The largest absolute Gasteiger partial charge is 0.493 e. The molecule has 0 aliphatic carbocycles. The van der Waals surface area contributed by atoms with Crippen LogP contribution in [-0.2, 0) is 0 Å². The molecule has 96 valence electrons. The minimum Gasteiger partial charge on any atom is -0.493 e. The van der Waals surface area contributed by atoms with E-state index in [1.165, 1.54) is 0 Å². The Morgan fingerprint density at radius 3 is 2.71 bits per heavy atom. The van der Waals surface area contributed by atoms with Gasteiger partial charge in [0.25, 0.3) is 0 Å². The van der Waals surface area contributed by atoms with E-state index in [2.05, 4.69) is 34.2 Å². The van der Waals surface area contributed by atoms with Crippen LogP contribution < -0.4 is 10.1 Å². The summed E-state index contributed by atoms with van der Waals surface area (Å²) in [5.74, 6) is 1.02. The van der Waals surface area contributed by atoms with Gasteiger partial charge in [-0.05, 0) is 32.2 Å². The third-order valence-corrected chi connectivity index (χ3v) is 3.20. The standard InChI is InChI=1S/C13H20BrNO2/c1-9(7-16)8-17-13-5-4-11(14)6-12(13)10(2)15-3/h4-6,9-10,15-16H,7-8H2,1-3H3. The minimum atomic E-state index is 0.146. The number of ether oxygens (including phenoxy) is 1. The molecule has 0 bridgehead atoms. The number of halogens is 1. The second-order valence-corrected chi connectivity index (χ2v) is 5.21. The fourth-order valence-electron chi connectivity index (χ4n) is 1.43. The number of rotatable bonds is 6. The Hall–Kier alpha value is -0.580.